The Kier molecular flexibility index (Phi) is 7.65. The summed E-state index contributed by atoms with van der Waals surface area (Å²) in [6.07, 6.45) is 0.759. The van der Waals surface area contributed by atoms with E-state index in [4.69, 9.17) is 0 Å². The average Bonchev–Trinajstić information content (AvgIpc) is 2.84. The van der Waals surface area contributed by atoms with Gasteiger partial charge in [0.1, 0.15) is 0 Å². The Hall–Kier alpha value is -1.97. The maximum Gasteiger partial charge on any atom is 0.254 e. The number of sulfonamides is 1. The van der Waals surface area contributed by atoms with Gasteiger partial charge in [-0.15, -0.1) is 0 Å². The average molecular weight is 439 g/mol. The van der Waals surface area contributed by atoms with Gasteiger partial charge in [-0.25, -0.2) is 13.1 Å². The molecule has 1 N–H and O–H groups in total. The molecular weight excluding hydrogens is 404 g/mol. The number of aryl methyl sites for hydroxylation is 1. The van der Waals surface area contributed by atoms with Crippen LogP contribution in [0.2, 0.25) is 0 Å². The zero-order valence-corrected chi connectivity index (χ0v) is 19.7. The molecule has 0 aromatic heterocycles. The summed E-state index contributed by atoms with van der Waals surface area (Å²) in [6, 6.07) is 4.66. The Morgan fingerprint density at radius 3 is 2.37 bits per heavy atom. The highest BCUT2D eigenvalue weighted by molar-refractivity contribution is 7.89. The quantitative estimate of drug-likeness (QED) is 0.749. The van der Waals surface area contributed by atoms with E-state index < -0.39 is 15.6 Å². The second-order valence-corrected chi connectivity index (χ2v) is 10.7. The number of carbonyl (C=O) groups is 2. The van der Waals surface area contributed by atoms with E-state index in [1.165, 1.54) is 12.1 Å². The highest BCUT2D eigenvalue weighted by Gasteiger charge is 2.26. The molecular formula is C21H34N4O4S. The van der Waals surface area contributed by atoms with E-state index in [1.807, 2.05) is 0 Å². The molecule has 1 aliphatic heterocycles. The summed E-state index contributed by atoms with van der Waals surface area (Å²) >= 11 is 0. The molecule has 9 heteroatoms. The highest BCUT2D eigenvalue weighted by atomic mass is 32.2. The number of nitrogens with one attached hydrogen (secondary N) is 1. The minimum atomic E-state index is -3.73. The Bertz CT molecular complexity index is 891. The molecule has 0 bridgehead atoms. The molecule has 1 aliphatic rings. The summed E-state index contributed by atoms with van der Waals surface area (Å²) < 4.78 is 28.0. The zero-order chi connectivity index (χ0) is 22.7. The van der Waals surface area contributed by atoms with Crippen LogP contribution in [0.4, 0.5) is 0 Å². The highest BCUT2D eigenvalue weighted by Crippen LogP contribution is 2.20. The van der Waals surface area contributed by atoms with Crippen LogP contribution in [0.15, 0.2) is 23.1 Å². The Balaban J connectivity index is 2.18. The van der Waals surface area contributed by atoms with Crippen LogP contribution < -0.4 is 4.72 Å². The fourth-order valence-electron chi connectivity index (χ4n) is 3.30. The van der Waals surface area contributed by atoms with Crippen LogP contribution >= 0.6 is 0 Å². The van der Waals surface area contributed by atoms with Crippen molar-refractivity contribution in [1.29, 1.82) is 0 Å². The van der Waals surface area contributed by atoms with E-state index in [9.17, 15) is 18.0 Å². The fourth-order valence-corrected chi connectivity index (χ4v) is 4.74. The molecule has 8 nitrogen and oxygen atoms in total. The number of hydrogen-bond donors (Lipinski definition) is 1. The van der Waals surface area contributed by atoms with Crippen LogP contribution in [0.1, 0.15) is 43.1 Å². The van der Waals surface area contributed by atoms with Gasteiger partial charge in [-0.3, -0.25) is 14.5 Å². The number of hydrogen-bond acceptors (Lipinski definition) is 5. The smallest absolute Gasteiger partial charge is 0.254 e. The standard InChI is InChI=1S/C21H34N4O4S/c1-16-8-9-17(30(28,29)22-21(2,3)4)14-18(16)20(27)25-11-7-10-24(12-13-25)15-19(26)23(5)6/h8-9,14,22H,7,10-13,15H2,1-6H3. The molecule has 0 saturated carbocycles. The van der Waals surface area contributed by atoms with Crippen molar-refractivity contribution in [3.63, 3.8) is 0 Å². The lowest BCUT2D eigenvalue weighted by atomic mass is 10.1. The van der Waals surface area contributed by atoms with E-state index in [0.717, 1.165) is 18.5 Å². The first-order valence-electron chi connectivity index (χ1n) is 10.2. The summed E-state index contributed by atoms with van der Waals surface area (Å²) in [6.45, 7) is 9.87. The van der Waals surface area contributed by atoms with Gasteiger partial charge < -0.3 is 9.80 Å². The van der Waals surface area contributed by atoms with Crippen LogP contribution in [-0.2, 0) is 14.8 Å². The Morgan fingerprint density at radius 2 is 1.77 bits per heavy atom. The SMILES string of the molecule is Cc1ccc(S(=O)(=O)NC(C)(C)C)cc1C(=O)N1CCCN(CC(=O)N(C)C)CC1. The third-order valence-electron chi connectivity index (χ3n) is 4.92. The molecule has 2 rings (SSSR count). The van der Waals surface area contributed by atoms with E-state index in [0.29, 0.717) is 31.7 Å². The van der Waals surface area contributed by atoms with Crippen molar-refractivity contribution in [1.82, 2.24) is 19.4 Å². The van der Waals surface area contributed by atoms with Crippen molar-refractivity contribution in [3.8, 4) is 0 Å². The van der Waals surface area contributed by atoms with E-state index in [-0.39, 0.29) is 16.7 Å². The molecule has 1 aromatic carbocycles. The minimum Gasteiger partial charge on any atom is -0.348 e. The van der Waals surface area contributed by atoms with Crippen LogP contribution in [-0.4, -0.2) is 87.3 Å². The number of likely N-dealkylation sites (N-methyl/N-ethyl adjacent to an activating group) is 1. The number of carbonyl (C=O) groups excluding carboxylic acids is 2. The van der Waals surface area contributed by atoms with Crippen molar-refractivity contribution in [2.75, 3.05) is 46.8 Å². The van der Waals surface area contributed by atoms with Crippen molar-refractivity contribution in [2.24, 2.45) is 0 Å². The lowest BCUT2D eigenvalue weighted by Gasteiger charge is -2.24. The second kappa shape index (κ2) is 9.45. The van der Waals surface area contributed by atoms with Crippen molar-refractivity contribution in [2.45, 2.75) is 44.6 Å². The second-order valence-electron chi connectivity index (χ2n) is 9.04. The van der Waals surface area contributed by atoms with Gasteiger partial charge in [-0.1, -0.05) is 6.07 Å². The summed E-state index contributed by atoms with van der Waals surface area (Å²) in [5.41, 5.74) is 0.509. The maximum atomic E-state index is 13.2. The molecule has 0 radical (unpaired) electrons. The third-order valence-corrected chi connectivity index (χ3v) is 6.68. The third kappa shape index (κ3) is 6.52. The van der Waals surface area contributed by atoms with Crippen LogP contribution in [0.25, 0.3) is 0 Å². The van der Waals surface area contributed by atoms with E-state index in [1.54, 1.807) is 57.7 Å². The summed E-state index contributed by atoms with van der Waals surface area (Å²) in [5.74, 6) is -0.143. The molecule has 0 atom stereocenters. The maximum absolute atomic E-state index is 13.2. The molecule has 30 heavy (non-hydrogen) atoms. The van der Waals surface area contributed by atoms with Crippen molar-refractivity contribution < 1.29 is 18.0 Å². The topological polar surface area (TPSA) is 90.0 Å². The summed E-state index contributed by atoms with van der Waals surface area (Å²) in [4.78, 5) is 30.6. The molecule has 0 unspecified atom stereocenters. The molecule has 1 aromatic rings. The molecule has 168 valence electrons. The lowest BCUT2D eigenvalue weighted by Crippen LogP contribution is -2.41. The lowest BCUT2D eigenvalue weighted by molar-refractivity contribution is -0.129. The molecule has 2 amide bonds. The fraction of sp³-hybridized carbons (Fsp3) is 0.619. The number of amides is 2. The minimum absolute atomic E-state index is 0.0369. The summed E-state index contributed by atoms with van der Waals surface area (Å²) in [7, 11) is -0.269. The van der Waals surface area contributed by atoms with E-state index >= 15 is 0 Å². The number of nitrogens with zero attached hydrogens (tertiary/aromatic N) is 3. The zero-order valence-electron chi connectivity index (χ0n) is 18.9. The van der Waals surface area contributed by atoms with Crippen LogP contribution in [0.5, 0.6) is 0 Å². The Labute approximate surface area is 180 Å². The predicted molar refractivity (Wildman–Crippen MR) is 117 cm³/mol. The van der Waals surface area contributed by atoms with Gasteiger partial charge >= 0.3 is 0 Å². The first-order valence-corrected chi connectivity index (χ1v) is 11.6. The monoisotopic (exact) mass is 438 g/mol. The molecule has 1 saturated heterocycles. The van der Waals surface area contributed by atoms with Gasteiger partial charge in [0.25, 0.3) is 5.91 Å². The largest absolute Gasteiger partial charge is 0.348 e. The summed E-state index contributed by atoms with van der Waals surface area (Å²) in [5, 5.41) is 0. The molecule has 1 heterocycles. The van der Waals surface area contributed by atoms with Gasteiger partial charge in [-0.05, 0) is 51.8 Å². The predicted octanol–water partition coefficient (Wildman–Crippen LogP) is 1.31. The number of benzene rings is 1. The van der Waals surface area contributed by atoms with Crippen molar-refractivity contribution in [3.05, 3.63) is 29.3 Å². The van der Waals surface area contributed by atoms with Gasteiger partial charge in [0.05, 0.1) is 11.4 Å². The van der Waals surface area contributed by atoms with Gasteiger partial charge in [-0.2, -0.15) is 0 Å². The number of rotatable bonds is 5. The molecule has 0 spiro atoms. The van der Waals surface area contributed by atoms with Crippen LogP contribution in [0, 0.1) is 6.92 Å². The van der Waals surface area contributed by atoms with Gasteiger partial charge in [0.15, 0.2) is 0 Å². The van der Waals surface area contributed by atoms with Crippen LogP contribution in [0.3, 0.4) is 0 Å². The van der Waals surface area contributed by atoms with Crippen molar-refractivity contribution >= 4 is 21.8 Å². The molecule has 0 aliphatic carbocycles. The Morgan fingerprint density at radius 1 is 1.10 bits per heavy atom. The molecule has 1 fully saturated rings. The van der Waals surface area contributed by atoms with E-state index in [2.05, 4.69) is 9.62 Å². The van der Waals surface area contributed by atoms with Gasteiger partial charge in [0, 0.05) is 51.4 Å². The normalized spacial score (nSPS) is 16.3. The van der Waals surface area contributed by atoms with Gasteiger partial charge in [0.2, 0.25) is 15.9 Å². The first kappa shape index (κ1) is 24.3. The first-order chi connectivity index (χ1) is 13.8.